The Morgan fingerprint density at radius 1 is 1.33 bits per heavy atom. The third-order valence-electron chi connectivity index (χ3n) is 4.65. The first-order valence-electron chi connectivity index (χ1n) is 9.31. The van der Waals surface area contributed by atoms with Crippen LogP contribution in [0.2, 0.25) is 0 Å². The number of phosphoric acid groups is 1. The summed E-state index contributed by atoms with van der Waals surface area (Å²) >= 11 is 0. The quantitative estimate of drug-likeness (QED) is 0.191. The van der Waals surface area contributed by atoms with Crippen LogP contribution in [0.3, 0.4) is 0 Å². The lowest BCUT2D eigenvalue weighted by Crippen LogP contribution is -2.49. The van der Waals surface area contributed by atoms with Crippen molar-refractivity contribution in [1.29, 1.82) is 0 Å². The topological polar surface area (TPSA) is 267 Å². The summed E-state index contributed by atoms with van der Waals surface area (Å²) in [4.78, 5) is 44.7. The third-order valence-corrected chi connectivity index (χ3v) is 5.52. The van der Waals surface area contributed by atoms with Gasteiger partial charge in [-0.05, 0) is 6.92 Å². The van der Waals surface area contributed by atoms with Crippen molar-refractivity contribution in [1.82, 2.24) is 24.8 Å². The van der Waals surface area contributed by atoms with Crippen LogP contribution < -0.4 is 16.8 Å². The van der Waals surface area contributed by atoms with Crippen molar-refractivity contribution in [3.8, 4) is 0 Å². The van der Waals surface area contributed by atoms with Gasteiger partial charge >= 0.3 is 13.9 Å². The van der Waals surface area contributed by atoms with E-state index in [1.807, 2.05) is 0 Å². The van der Waals surface area contributed by atoms with E-state index < -0.39 is 63.1 Å². The molecule has 9 N–H and O–H groups in total. The maximum absolute atomic E-state index is 12.0. The van der Waals surface area contributed by atoms with Gasteiger partial charge in [-0.1, -0.05) is 0 Å². The number of nitrogens with two attached hydrogens (primary N) is 2. The zero-order valence-corrected chi connectivity index (χ0v) is 17.8. The molecule has 2 aromatic rings. The molecule has 0 radical (unpaired) electrons. The summed E-state index contributed by atoms with van der Waals surface area (Å²) in [5.74, 6) is -1.08. The van der Waals surface area contributed by atoms with E-state index in [2.05, 4.69) is 24.0 Å². The molecule has 1 aliphatic heterocycles. The lowest BCUT2D eigenvalue weighted by atomic mass is 10.1. The number of carbonyl (C=O) groups is 2. The zero-order valence-electron chi connectivity index (χ0n) is 17.0. The van der Waals surface area contributed by atoms with Gasteiger partial charge in [0.1, 0.15) is 36.2 Å². The maximum atomic E-state index is 12.0. The minimum Gasteiger partial charge on any atom is -0.391 e. The molecule has 33 heavy (non-hydrogen) atoms. The smallest absolute Gasteiger partial charge is 0.391 e. The first kappa shape index (κ1) is 24.9. The Bertz CT molecular complexity index is 1080. The van der Waals surface area contributed by atoms with Crippen LogP contribution in [-0.4, -0.2) is 88.8 Å². The van der Waals surface area contributed by atoms with Crippen LogP contribution in [0, 0.1) is 0 Å². The Morgan fingerprint density at radius 3 is 2.70 bits per heavy atom. The number of anilines is 1. The molecular formula is C15H22N7O10P. The summed E-state index contributed by atoms with van der Waals surface area (Å²) in [5.41, 5.74) is 11.5. The van der Waals surface area contributed by atoms with Gasteiger partial charge < -0.3 is 36.0 Å². The number of amides is 2. The number of imide groups is 1. The molecule has 2 aromatic heterocycles. The Kier molecular flexibility index (Phi) is 7.25. The molecule has 1 aliphatic rings. The number of nitrogens with zero attached hydrogens (tertiary/aromatic N) is 4. The molecule has 18 heteroatoms. The second-order valence-corrected chi connectivity index (χ2v) is 8.41. The third kappa shape index (κ3) is 5.43. The van der Waals surface area contributed by atoms with Crippen LogP contribution in [0.1, 0.15) is 13.2 Å². The predicted molar refractivity (Wildman–Crippen MR) is 106 cm³/mol. The summed E-state index contributed by atoms with van der Waals surface area (Å²) < 4.78 is 27.6. The van der Waals surface area contributed by atoms with Crippen LogP contribution in [0.25, 0.3) is 11.2 Å². The van der Waals surface area contributed by atoms with Crippen LogP contribution in [0.5, 0.6) is 0 Å². The van der Waals surface area contributed by atoms with E-state index >= 15 is 0 Å². The van der Waals surface area contributed by atoms with Crippen LogP contribution in [0.15, 0.2) is 12.7 Å². The number of imidazole rings is 1. The second-order valence-electron chi connectivity index (χ2n) is 7.03. The number of fused-ring (bicyclic) bond motifs is 1. The van der Waals surface area contributed by atoms with Crippen molar-refractivity contribution in [3.63, 3.8) is 0 Å². The molecule has 1 unspecified atom stereocenters. The van der Waals surface area contributed by atoms with Gasteiger partial charge in [0.05, 0.1) is 19.0 Å². The molecule has 0 aliphatic carbocycles. The Balaban J connectivity index is 1.60. The van der Waals surface area contributed by atoms with Gasteiger partial charge in [0, 0.05) is 0 Å². The number of rotatable bonds is 7. The predicted octanol–water partition coefficient (Wildman–Crippen LogP) is -2.89. The summed E-state index contributed by atoms with van der Waals surface area (Å²) in [6.07, 6.45) is -6.19. The molecule has 182 valence electrons. The van der Waals surface area contributed by atoms with Gasteiger partial charge in [0.25, 0.3) is 0 Å². The number of nitrogens with one attached hydrogen (secondary N) is 1. The Labute approximate surface area is 184 Å². The fraction of sp³-hybridized carbons (Fsp3) is 0.533. The summed E-state index contributed by atoms with van der Waals surface area (Å²) in [5, 5.41) is 31.4. The van der Waals surface area contributed by atoms with E-state index in [1.54, 1.807) is 5.32 Å². The first-order chi connectivity index (χ1) is 15.4. The second kappa shape index (κ2) is 9.62. The minimum absolute atomic E-state index is 0.0798. The van der Waals surface area contributed by atoms with Gasteiger partial charge in [-0.25, -0.2) is 24.3 Å². The van der Waals surface area contributed by atoms with E-state index in [0.29, 0.717) is 0 Å². The van der Waals surface area contributed by atoms with Crippen molar-refractivity contribution in [3.05, 3.63) is 12.7 Å². The number of nitrogen functional groups attached to an aromatic ring is 1. The van der Waals surface area contributed by atoms with Gasteiger partial charge in [-0.3, -0.25) is 24.1 Å². The van der Waals surface area contributed by atoms with Gasteiger partial charge in [0.2, 0.25) is 5.91 Å². The first-order valence-corrected chi connectivity index (χ1v) is 10.8. The average Bonchev–Trinajstić information content (AvgIpc) is 3.28. The monoisotopic (exact) mass is 491 g/mol. The fourth-order valence-corrected chi connectivity index (χ4v) is 3.52. The summed E-state index contributed by atoms with van der Waals surface area (Å²) in [6.45, 7) is 0.402. The van der Waals surface area contributed by atoms with E-state index in [9.17, 15) is 34.4 Å². The van der Waals surface area contributed by atoms with E-state index in [1.165, 1.54) is 17.8 Å². The van der Waals surface area contributed by atoms with E-state index in [4.69, 9.17) is 16.2 Å². The molecule has 7 atom stereocenters. The van der Waals surface area contributed by atoms with Crippen molar-refractivity contribution in [2.24, 2.45) is 5.73 Å². The molecule has 0 spiro atoms. The normalized spacial score (nSPS) is 26.5. The molecule has 1 saturated heterocycles. The Morgan fingerprint density at radius 2 is 2.03 bits per heavy atom. The largest absolute Gasteiger partial charge is 0.530 e. The van der Waals surface area contributed by atoms with Crippen molar-refractivity contribution >= 4 is 36.8 Å². The molecule has 2 amide bonds. The number of ether oxygens (including phenoxy) is 1. The molecular weight excluding hydrogens is 469 g/mol. The molecule has 0 bridgehead atoms. The summed E-state index contributed by atoms with van der Waals surface area (Å²) in [7, 11) is -5.08. The number of hydrogen-bond acceptors (Lipinski definition) is 14. The summed E-state index contributed by atoms with van der Waals surface area (Å²) in [6, 6.07) is -1.49. The number of carbonyl (C=O) groups excluding carboxylic acids is 2. The highest BCUT2D eigenvalue weighted by atomic mass is 31.2. The van der Waals surface area contributed by atoms with Gasteiger partial charge in [0.15, 0.2) is 17.7 Å². The number of aliphatic hydroxyl groups excluding tert-OH is 3. The molecule has 3 rings (SSSR count). The molecule has 0 aromatic carbocycles. The van der Waals surface area contributed by atoms with Crippen molar-refractivity contribution in [2.75, 3.05) is 12.3 Å². The van der Waals surface area contributed by atoms with Crippen molar-refractivity contribution < 1.29 is 48.2 Å². The standard InChI is InChI=1S/C15H22N7O10P/c1-5(23)7(16)13(26)21-15(27)32-33(28,29)30-2-6-9(24)10(25)14(31-6)22-4-20-8-11(17)18-3-19-12(8)22/h3-7,9-10,14,23-25H,2,16H2,1H3,(H,28,29)(H2,17,18,19)(H,21,26,27)/t5-,6-,7+,9-,10-,14-/m1/s1. The van der Waals surface area contributed by atoms with Crippen LogP contribution in [0.4, 0.5) is 10.6 Å². The molecule has 0 saturated carbocycles. The lowest BCUT2D eigenvalue weighted by Gasteiger charge is -2.18. The Hall–Kier alpha value is -2.76. The maximum Gasteiger partial charge on any atom is 0.530 e. The lowest BCUT2D eigenvalue weighted by molar-refractivity contribution is -0.123. The number of aromatic nitrogens is 4. The number of phosphoric ester groups is 1. The van der Waals surface area contributed by atoms with Gasteiger partial charge in [-0.15, -0.1) is 0 Å². The van der Waals surface area contributed by atoms with Crippen LogP contribution in [-0.2, 0) is 23.1 Å². The average molecular weight is 491 g/mol. The minimum atomic E-state index is -5.08. The molecule has 17 nitrogen and oxygen atoms in total. The van der Waals surface area contributed by atoms with E-state index in [0.717, 1.165) is 6.33 Å². The molecule has 3 heterocycles. The van der Waals surface area contributed by atoms with E-state index in [-0.39, 0.29) is 17.0 Å². The zero-order chi connectivity index (χ0) is 24.5. The highest BCUT2D eigenvalue weighted by Crippen LogP contribution is 2.44. The SMILES string of the molecule is C[C@@H](O)[C@H](N)C(=O)NC(=O)OP(=O)(O)OC[C@H]1O[C@@H](n2cnc3c(N)ncnc32)[C@H](O)[C@@H]1O. The number of hydrogen-bond donors (Lipinski definition) is 7. The van der Waals surface area contributed by atoms with Crippen molar-refractivity contribution in [2.45, 2.75) is 43.6 Å². The number of aliphatic hydroxyl groups is 3. The highest BCUT2D eigenvalue weighted by Gasteiger charge is 2.45. The molecule has 1 fully saturated rings. The van der Waals surface area contributed by atoms with Gasteiger partial charge in [-0.2, -0.15) is 0 Å². The highest BCUT2D eigenvalue weighted by molar-refractivity contribution is 7.48. The van der Waals surface area contributed by atoms with Crippen LogP contribution >= 0.6 is 7.82 Å². The fourth-order valence-electron chi connectivity index (χ4n) is 2.88.